The second-order valence-electron chi connectivity index (χ2n) is 8.00. The van der Waals surface area contributed by atoms with Crippen molar-refractivity contribution in [3.8, 4) is 11.4 Å². The number of amides is 1. The van der Waals surface area contributed by atoms with Crippen LogP contribution in [0.15, 0.2) is 18.2 Å². The molecule has 0 unspecified atom stereocenters. The van der Waals surface area contributed by atoms with E-state index in [1.165, 1.54) is 19.3 Å². The molecule has 2 aromatic rings. The minimum Gasteiger partial charge on any atom is -0.326 e. The molecule has 0 saturated carbocycles. The molecule has 1 amide bonds. The van der Waals surface area contributed by atoms with Crippen molar-refractivity contribution in [2.75, 3.05) is 11.9 Å². The summed E-state index contributed by atoms with van der Waals surface area (Å²) in [5.74, 6) is 2.20. The number of carbonyl (C=O) groups is 1. The van der Waals surface area contributed by atoms with Crippen LogP contribution in [0.4, 0.5) is 5.69 Å². The summed E-state index contributed by atoms with van der Waals surface area (Å²) in [4.78, 5) is 12.8. The predicted molar refractivity (Wildman–Crippen MR) is 107 cm³/mol. The van der Waals surface area contributed by atoms with Gasteiger partial charge in [0.2, 0.25) is 5.91 Å². The summed E-state index contributed by atoms with van der Waals surface area (Å²) in [7, 11) is 0. The number of anilines is 1. The molecule has 2 atom stereocenters. The maximum Gasteiger partial charge on any atom is 0.227 e. The average molecular weight is 367 g/mol. The lowest BCUT2D eigenvalue weighted by atomic mass is 9.92. The number of rotatable bonds is 3. The quantitative estimate of drug-likeness (QED) is 0.873. The minimum absolute atomic E-state index is 0.0775. The van der Waals surface area contributed by atoms with Crippen molar-refractivity contribution in [3.05, 3.63) is 29.6 Å². The maximum atomic E-state index is 12.8. The van der Waals surface area contributed by atoms with E-state index in [0.717, 1.165) is 60.8 Å². The zero-order valence-corrected chi connectivity index (χ0v) is 16.3. The van der Waals surface area contributed by atoms with Crippen LogP contribution in [0.1, 0.15) is 50.4 Å². The van der Waals surface area contributed by atoms with E-state index in [4.69, 9.17) is 0 Å². The summed E-state index contributed by atoms with van der Waals surface area (Å²) in [6.45, 7) is 6.06. The van der Waals surface area contributed by atoms with E-state index in [0.29, 0.717) is 6.04 Å². The Labute approximate surface area is 160 Å². The summed E-state index contributed by atoms with van der Waals surface area (Å²) < 4.78 is 2.25. The van der Waals surface area contributed by atoms with Crippen LogP contribution < -0.4 is 10.6 Å². The van der Waals surface area contributed by atoms with Gasteiger partial charge in [0, 0.05) is 36.2 Å². The Morgan fingerprint density at radius 3 is 3.00 bits per heavy atom. The van der Waals surface area contributed by atoms with Gasteiger partial charge in [0.15, 0.2) is 5.82 Å². The van der Waals surface area contributed by atoms with E-state index in [1.807, 2.05) is 6.92 Å². The Bertz CT molecular complexity index is 828. The normalized spacial score (nSPS) is 22.7. The molecule has 0 aliphatic carbocycles. The van der Waals surface area contributed by atoms with E-state index >= 15 is 0 Å². The second-order valence-corrected chi connectivity index (χ2v) is 8.00. The highest BCUT2D eigenvalue weighted by Crippen LogP contribution is 2.28. The van der Waals surface area contributed by atoms with Crippen LogP contribution in [-0.4, -0.2) is 33.3 Å². The lowest BCUT2D eigenvalue weighted by Gasteiger charge is -2.27. The number of benzene rings is 1. The molecule has 1 fully saturated rings. The Morgan fingerprint density at radius 2 is 2.15 bits per heavy atom. The predicted octanol–water partition coefficient (Wildman–Crippen LogP) is 3.31. The average Bonchev–Trinajstić information content (AvgIpc) is 2.91. The number of fused-ring (bicyclic) bond motifs is 1. The van der Waals surface area contributed by atoms with Gasteiger partial charge in [0.25, 0.3) is 0 Å². The molecule has 2 N–H and O–H groups in total. The zero-order valence-electron chi connectivity index (χ0n) is 16.3. The second kappa shape index (κ2) is 7.80. The Balaban J connectivity index is 1.57. The molecule has 2 aliphatic heterocycles. The van der Waals surface area contributed by atoms with Crippen LogP contribution in [-0.2, 0) is 17.8 Å². The lowest BCUT2D eigenvalue weighted by Crippen LogP contribution is -2.40. The number of nitrogens with one attached hydrogen (secondary N) is 2. The van der Waals surface area contributed by atoms with Gasteiger partial charge in [0.05, 0.1) is 0 Å². The first-order valence-corrected chi connectivity index (χ1v) is 10.2. The summed E-state index contributed by atoms with van der Waals surface area (Å²) in [6.07, 6.45) is 6.38. The first-order valence-electron chi connectivity index (χ1n) is 10.2. The molecule has 144 valence electrons. The fourth-order valence-corrected chi connectivity index (χ4v) is 4.20. The highest BCUT2D eigenvalue weighted by Gasteiger charge is 2.25. The van der Waals surface area contributed by atoms with Crippen molar-refractivity contribution < 1.29 is 4.79 Å². The van der Waals surface area contributed by atoms with Gasteiger partial charge in [0.1, 0.15) is 5.82 Å². The van der Waals surface area contributed by atoms with Gasteiger partial charge in [-0.15, -0.1) is 10.2 Å². The third kappa shape index (κ3) is 3.90. The Hall–Kier alpha value is -2.21. The molecule has 0 bridgehead atoms. The largest absolute Gasteiger partial charge is 0.326 e. The monoisotopic (exact) mass is 367 g/mol. The molecule has 2 aliphatic rings. The zero-order chi connectivity index (χ0) is 18.8. The van der Waals surface area contributed by atoms with Gasteiger partial charge in [-0.25, -0.2) is 0 Å². The van der Waals surface area contributed by atoms with Crippen LogP contribution in [0.5, 0.6) is 0 Å². The Kier molecular flexibility index (Phi) is 5.25. The molecule has 1 aromatic carbocycles. The first kappa shape index (κ1) is 18.2. The molecule has 1 saturated heterocycles. The summed E-state index contributed by atoms with van der Waals surface area (Å²) in [5, 5.41) is 15.4. The third-order valence-corrected chi connectivity index (χ3v) is 5.86. The van der Waals surface area contributed by atoms with Crippen molar-refractivity contribution in [1.29, 1.82) is 0 Å². The highest BCUT2D eigenvalue weighted by molar-refractivity contribution is 5.94. The van der Waals surface area contributed by atoms with Crippen LogP contribution in [0, 0.1) is 12.8 Å². The van der Waals surface area contributed by atoms with Crippen molar-refractivity contribution in [2.45, 2.75) is 65.0 Å². The number of piperidine rings is 1. The minimum atomic E-state index is 0.0775. The fourth-order valence-electron chi connectivity index (χ4n) is 4.20. The molecular weight excluding hydrogens is 338 g/mol. The molecule has 1 aromatic heterocycles. The number of carbonyl (C=O) groups excluding carboxylic acids is 1. The maximum absolute atomic E-state index is 12.8. The van der Waals surface area contributed by atoms with E-state index in [2.05, 4.69) is 50.5 Å². The summed E-state index contributed by atoms with van der Waals surface area (Å²) >= 11 is 0. The van der Waals surface area contributed by atoms with Gasteiger partial charge >= 0.3 is 0 Å². The fraction of sp³-hybridized carbons (Fsp3) is 0.571. The van der Waals surface area contributed by atoms with Crippen molar-refractivity contribution in [1.82, 2.24) is 20.1 Å². The molecule has 0 spiro atoms. The standard InChI is InChI=1S/C21H29N5O/c1-14-7-8-16(20-25-24-19-6-4-3-5-11-26(19)20)13-18(14)23-21(27)17-9-10-22-15(2)12-17/h7-8,13,15,17,22H,3-6,9-12H2,1-2H3,(H,23,27)/t15-,17-/m0/s1. The van der Waals surface area contributed by atoms with Crippen LogP contribution in [0.2, 0.25) is 0 Å². The van der Waals surface area contributed by atoms with Crippen LogP contribution >= 0.6 is 0 Å². The number of hydrogen-bond acceptors (Lipinski definition) is 4. The van der Waals surface area contributed by atoms with Gasteiger partial charge < -0.3 is 15.2 Å². The van der Waals surface area contributed by atoms with Crippen molar-refractivity contribution >= 4 is 11.6 Å². The van der Waals surface area contributed by atoms with Gasteiger partial charge in [-0.2, -0.15) is 0 Å². The van der Waals surface area contributed by atoms with Gasteiger partial charge in [-0.3, -0.25) is 4.79 Å². The number of aromatic nitrogens is 3. The van der Waals surface area contributed by atoms with E-state index in [9.17, 15) is 4.79 Å². The highest BCUT2D eigenvalue weighted by atomic mass is 16.1. The van der Waals surface area contributed by atoms with Gasteiger partial charge in [-0.05, 0) is 57.7 Å². The molecule has 3 heterocycles. The molecule has 4 rings (SSSR count). The summed E-state index contributed by atoms with van der Waals surface area (Å²) in [5.41, 5.74) is 2.98. The van der Waals surface area contributed by atoms with Crippen LogP contribution in [0.3, 0.4) is 0 Å². The molecule has 6 heteroatoms. The third-order valence-electron chi connectivity index (χ3n) is 5.86. The Morgan fingerprint density at radius 1 is 1.26 bits per heavy atom. The lowest BCUT2D eigenvalue weighted by molar-refractivity contribution is -0.120. The number of hydrogen-bond donors (Lipinski definition) is 2. The molecule has 27 heavy (non-hydrogen) atoms. The SMILES string of the molecule is Cc1ccc(-c2nnc3n2CCCCC3)cc1NC(=O)[C@H]1CCN[C@@H](C)C1. The van der Waals surface area contributed by atoms with Crippen molar-refractivity contribution in [2.24, 2.45) is 5.92 Å². The van der Waals surface area contributed by atoms with E-state index in [1.54, 1.807) is 0 Å². The van der Waals surface area contributed by atoms with E-state index in [-0.39, 0.29) is 11.8 Å². The van der Waals surface area contributed by atoms with Crippen LogP contribution in [0.25, 0.3) is 11.4 Å². The summed E-state index contributed by atoms with van der Waals surface area (Å²) in [6, 6.07) is 6.60. The van der Waals surface area contributed by atoms with Crippen molar-refractivity contribution in [3.63, 3.8) is 0 Å². The topological polar surface area (TPSA) is 71.8 Å². The number of nitrogens with zero attached hydrogens (tertiary/aromatic N) is 3. The smallest absolute Gasteiger partial charge is 0.227 e. The van der Waals surface area contributed by atoms with Gasteiger partial charge in [-0.1, -0.05) is 18.6 Å². The molecule has 0 radical (unpaired) electrons. The molecular formula is C21H29N5O. The first-order chi connectivity index (χ1) is 13.1. The number of aryl methyl sites for hydroxylation is 2. The van der Waals surface area contributed by atoms with E-state index < -0.39 is 0 Å². The molecule has 6 nitrogen and oxygen atoms in total.